The Morgan fingerprint density at radius 1 is 1.05 bits per heavy atom. The highest BCUT2D eigenvalue weighted by Crippen LogP contribution is 2.29. The third kappa shape index (κ3) is 5.90. The van der Waals surface area contributed by atoms with E-state index in [0.29, 0.717) is 32.2 Å². The monoisotopic (exact) mass is 581 g/mol. The lowest BCUT2D eigenvalue weighted by Gasteiger charge is -2.26. The van der Waals surface area contributed by atoms with Gasteiger partial charge in [0.15, 0.2) is 6.61 Å². The van der Waals surface area contributed by atoms with E-state index in [4.69, 9.17) is 16.3 Å². The molecule has 0 aromatic heterocycles. The summed E-state index contributed by atoms with van der Waals surface area (Å²) in [5.74, 6) is -1.54. The SMILES string of the molecule is Cc1ccc(N2C(=O)NC(=O)/C(=C/c3ccc(OCC(=O)Nc4ccccc4Cl)c(Br)c3)C2=O)cc1C. The second-order valence-corrected chi connectivity index (χ2v) is 9.49. The normalized spacial score (nSPS) is 14.5. The fourth-order valence-corrected chi connectivity index (χ4v) is 4.23. The van der Waals surface area contributed by atoms with Crippen LogP contribution in [0.25, 0.3) is 6.08 Å². The van der Waals surface area contributed by atoms with E-state index < -0.39 is 23.8 Å². The number of halogens is 2. The van der Waals surface area contributed by atoms with Gasteiger partial charge in [-0.2, -0.15) is 0 Å². The quantitative estimate of drug-likeness (QED) is 0.299. The van der Waals surface area contributed by atoms with Crippen LogP contribution in [0.1, 0.15) is 16.7 Å². The third-order valence-corrected chi connectivity index (χ3v) is 6.57. The smallest absolute Gasteiger partial charge is 0.335 e. The predicted octanol–water partition coefficient (Wildman–Crippen LogP) is 5.40. The van der Waals surface area contributed by atoms with Gasteiger partial charge in [0, 0.05) is 0 Å². The first kappa shape index (κ1) is 26.1. The van der Waals surface area contributed by atoms with Crippen LogP contribution < -0.4 is 20.3 Å². The van der Waals surface area contributed by atoms with E-state index in [1.807, 2.05) is 13.8 Å². The molecule has 0 bridgehead atoms. The van der Waals surface area contributed by atoms with Gasteiger partial charge in [0.1, 0.15) is 11.3 Å². The van der Waals surface area contributed by atoms with E-state index in [1.165, 1.54) is 6.08 Å². The van der Waals surface area contributed by atoms with Crippen LogP contribution in [0.5, 0.6) is 5.75 Å². The number of carbonyl (C=O) groups is 4. The van der Waals surface area contributed by atoms with Crippen molar-refractivity contribution in [2.75, 3.05) is 16.8 Å². The molecule has 8 nitrogen and oxygen atoms in total. The minimum atomic E-state index is -0.810. The summed E-state index contributed by atoms with van der Waals surface area (Å²) >= 11 is 9.44. The molecule has 0 saturated carbocycles. The fourth-order valence-electron chi connectivity index (χ4n) is 3.54. The Labute approximate surface area is 226 Å². The number of anilines is 2. The first-order valence-corrected chi connectivity index (χ1v) is 12.3. The Hall–Kier alpha value is -3.95. The van der Waals surface area contributed by atoms with E-state index in [9.17, 15) is 19.2 Å². The van der Waals surface area contributed by atoms with Crippen LogP contribution in [-0.2, 0) is 14.4 Å². The van der Waals surface area contributed by atoms with Crippen molar-refractivity contribution >= 4 is 68.7 Å². The van der Waals surface area contributed by atoms with Crippen LogP contribution in [0.4, 0.5) is 16.2 Å². The zero-order valence-electron chi connectivity index (χ0n) is 19.8. The molecule has 0 unspecified atom stereocenters. The van der Waals surface area contributed by atoms with Gasteiger partial charge < -0.3 is 10.1 Å². The summed E-state index contributed by atoms with van der Waals surface area (Å²) in [5, 5.41) is 5.29. The Morgan fingerprint density at radius 2 is 1.81 bits per heavy atom. The van der Waals surface area contributed by atoms with Gasteiger partial charge in [-0.3, -0.25) is 19.7 Å². The van der Waals surface area contributed by atoms with Crippen LogP contribution in [0.15, 0.2) is 70.7 Å². The standard InChI is InChI=1S/C27H21BrClN3O5/c1-15-7-9-18(11-16(15)2)32-26(35)19(25(34)31-27(32)36)12-17-8-10-23(20(28)13-17)37-14-24(33)30-22-6-4-3-5-21(22)29/h3-13H,14H2,1-2H3,(H,30,33)(H,31,34,36)/b19-12-. The van der Waals surface area contributed by atoms with Crippen LogP contribution in [0.2, 0.25) is 5.02 Å². The van der Waals surface area contributed by atoms with Gasteiger partial charge in [-0.15, -0.1) is 0 Å². The number of rotatable bonds is 6. The van der Waals surface area contributed by atoms with Crippen molar-refractivity contribution in [2.45, 2.75) is 13.8 Å². The van der Waals surface area contributed by atoms with Gasteiger partial charge in [-0.05, 0) is 88.9 Å². The van der Waals surface area contributed by atoms with Gasteiger partial charge in [0.25, 0.3) is 17.7 Å². The first-order chi connectivity index (χ1) is 17.6. The molecular formula is C27H21BrClN3O5. The number of hydrogen-bond donors (Lipinski definition) is 2. The molecule has 4 rings (SSSR count). The zero-order chi connectivity index (χ0) is 26.7. The number of benzene rings is 3. The number of imide groups is 2. The molecule has 0 atom stereocenters. The lowest BCUT2D eigenvalue weighted by atomic mass is 10.1. The highest BCUT2D eigenvalue weighted by molar-refractivity contribution is 9.10. The second-order valence-electron chi connectivity index (χ2n) is 8.23. The van der Waals surface area contributed by atoms with Gasteiger partial charge >= 0.3 is 6.03 Å². The first-order valence-electron chi connectivity index (χ1n) is 11.1. The van der Waals surface area contributed by atoms with Crippen LogP contribution >= 0.6 is 27.5 Å². The van der Waals surface area contributed by atoms with Gasteiger partial charge in [-0.1, -0.05) is 35.9 Å². The summed E-state index contributed by atoms with van der Waals surface area (Å²) < 4.78 is 6.08. The number of nitrogens with zero attached hydrogens (tertiary/aromatic N) is 1. The highest BCUT2D eigenvalue weighted by atomic mass is 79.9. The molecule has 188 valence electrons. The zero-order valence-corrected chi connectivity index (χ0v) is 22.1. The van der Waals surface area contributed by atoms with E-state index in [1.54, 1.807) is 60.7 Å². The number of para-hydroxylation sites is 1. The average Bonchev–Trinajstić information content (AvgIpc) is 2.84. The molecule has 5 amide bonds. The molecule has 37 heavy (non-hydrogen) atoms. The lowest BCUT2D eigenvalue weighted by Crippen LogP contribution is -2.54. The van der Waals surface area contributed by atoms with E-state index in [0.717, 1.165) is 16.0 Å². The maximum atomic E-state index is 13.1. The Bertz CT molecular complexity index is 1470. The summed E-state index contributed by atoms with van der Waals surface area (Å²) in [6.07, 6.45) is 1.39. The summed E-state index contributed by atoms with van der Waals surface area (Å²) in [5.41, 5.74) is 3.06. The van der Waals surface area contributed by atoms with E-state index in [-0.39, 0.29) is 12.2 Å². The molecule has 3 aromatic carbocycles. The second kappa shape index (κ2) is 11.0. The molecule has 0 radical (unpaired) electrons. The highest BCUT2D eigenvalue weighted by Gasteiger charge is 2.36. The van der Waals surface area contributed by atoms with Crippen molar-refractivity contribution in [1.82, 2.24) is 5.32 Å². The summed E-state index contributed by atoms with van der Waals surface area (Å²) in [6.45, 7) is 3.52. The number of aryl methyl sites for hydroxylation is 2. The maximum Gasteiger partial charge on any atom is 0.335 e. The van der Waals surface area contributed by atoms with E-state index in [2.05, 4.69) is 26.6 Å². The summed E-state index contributed by atoms with van der Waals surface area (Å²) in [6, 6.07) is 16.0. The number of hydrogen-bond acceptors (Lipinski definition) is 5. The average molecular weight is 583 g/mol. The molecule has 2 N–H and O–H groups in total. The summed E-state index contributed by atoms with van der Waals surface area (Å²) in [7, 11) is 0. The van der Waals surface area contributed by atoms with Crippen LogP contribution in [-0.4, -0.2) is 30.4 Å². The number of amides is 5. The predicted molar refractivity (Wildman–Crippen MR) is 145 cm³/mol. The molecule has 1 heterocycles. The lowest BCUT2D eigenvalue weighted by molar-refractivity contribution is -0.122. The Balaban J connectivity index is 1.49. The fraction of sp³-hybridized carbons (Fsp3) is 0.111. The molecule has 0 aliphatic carbocycles. The topological polar surface area (TPSA) is 105 Å². The van der Waals surface area contributed by atoms with Gasteiger partial charge in [0.2, 0.25) is 0 Å². The number of nitrogens with one attached hydrogen (secondary N) is 2. The van der Waals surface area contributed by atoms with Crippen molar-refractivity contribution < 1.29 is 23.9 Å². The van der Waals surface area contributed by atoms with Crippen molar-refractivity contribution in [3.8, 4) is 5.75 Å². The van der Waals surface area contributed by atoms with Crippen LogP contribution in [0.3, 0.4) is 0 Å². The number of urea groups is 1. The maximum absolute atomic E-state index is 13.1. The van der Waals surface area contributed by atoms with Crippen molar-refractivity contribution in [2.24, 2.45) is 0 Å². The number of barbiturate groups is 1. The minimum absolute atomic E-state index is 0.197. The molecule has 0 spiro atoms. The minimum Gasteiger partial charge on any atom is -0.483 e. The van der Waals surface area contributed by atoms with Gasteiger partial charge in [-0.25, -0.2) is 9.69 Å². The number of carbonyl (C=O) groups excluding carboxylic acids is 4. The largest absolute Gasteiger partial charge is 0.483 e. The van der Waals surface area contributed by atoms with E-state index >= 15 is 0 Å². The molecule has 1 fully saturated rings. The molecular weight excluding hydrogens is 562 g/mol. The Morgan fingerprint density at radius 3 is 2.51 bits per heavy atom. The third-order valence-electron chi connectivity index (χ3n) is 5.62. The molecule has 10 heteroatoms. The van der Waals surface area contributed by atoms with Crippen molar-refractivity contribution in [1.29, 1.82) is 0 Å². The summed E-state index contributed by atoms with van der Waals surface area (Å²) in [4.78, 5) is 51.2. The molecule has 1 aliphatic heterocycles. The molecule has 3 aromatic rings. The Kier molecular flexibility index (Phi) is 7.75. The van der Waals surface area contributed by atoms with Gasteiger partial charge in [0.05, 0.1) is 20.9 Å². The molecule has 1 aliphatic rings. The van der Waals surface area contributed by atoms with Crippen molar-refractivity contribution in [3.05, 3.63) is 92.4 Å². The van der Waals surface area contributed by atoms with Crippen molar-refractivity contribution in [3.63, 3.8) is 0 Å². The number of ether oxygens (including phenoxy) is 1. The molecule has 1 saturated heterocycles. The van der Waals surface area contributed by atoms with Crippen LogP contribution in [0, 0.1) is 13.8 Å².